The minimum Gasteiger partial charge on any atom is -0.332 e. The number of carbonyl (C=O) groups is 2. The van der Waals surface area contributed by atoms with Crippen LogP contribution in [-0.2, 0) is 16.1 Å². The lowest BCUT2D eigenvalue weighted by Gasteiger charge is -2.30. The van der Waals surface area contributed by atoms with Gasteiger partial charge in [0.15, 0.2) is 5.11 Å². The average molecular weight is 556 g/mol. The van der Waals surface area contributed by atoms with Crippen LogP contribution in [0.15, 0.2) is 72.8 Å². The summed E-state index contributed by atoms with van der Waals surface area (Å²) >= 11 is 5.91. The number of imide groups is 1. The maximum atomic E-state index is 14.0. The van der Waals surface area contributed by atoms with E-state index in [0.29, 0.717) is 23.6 Å². The normalized spacial score (nSPS) is 15.0. The molecule has 1 aliphatic heterocycles. The summed E-state index contributed by atoms with van der Waals surface area (Å²) in [5.74, 6) is -0.946. The number of thiocarbonyl (C=S) groups is 1. The van der Waals surface area contributed by atoms with Gasteiger partial charge in [-0.3, -0.25) is 14.3 Å². The maximum Gasteiger partial charge on any atom is 0.257 e. The van der Waals surface area contributed by atoms with E-state index < -0.39 is 6.04 Å². The van der Waals surface area contributed by atoms with Crippen molar-refractivity contribution in [1.29, 1.82) is 0 Å². The van der Waals surface area contributed by atoms with Gasteiger partial charge in [0.2, 0.25) is 5.91 Å². The van der Waals surface area contributed by atoms with Crippen molar-refractivity contribution in [2.45, 2.75) is 46.7 Å². The highest BCUT2D eigenvalue weighted by molar-refractivity contribution is 7.80. The first kappa shape index (κ1) is 27.2. The number of nitrogens with one attached hydrogen (secondary N) is 1. The molecular formula is C31H30FN5O2S. The number of rotatable bonds is 6. The summed E-state index contributed by atoms with van der Waals surface area (Å²) in [6, 6.07) is 20.5. The van der Waals surface area contributed by atoms with Gasteiger partial charge in [0.05, 0.1) is 35.7 Å². The summed E-state index contributed by atoms with van der Waals surface area (Å²) in [4.78, 5) is 30.2. The molecule has 7 nitrogen and oxygen atoms in total. The number of halogens is 1. The first-order chi connectivity index (χ1) is 19.1. The number of aromatic nitrogens is 2. The Morgan fingerprint density at radius 1 is 1.00 bits per heavy atom. The van der Waals surface area contributed by atoms with Crippen LogP contribution >= 0.6 is 12.2 Å². The molecule has 3 aromatic carbocycles. The van der Waals surface area contributed by atoms with E-state index in [1.54, 1.807) is 27.8 Å². The van der Waals surface area contributed by atoms with Gasteiger partial charge in [-0.25, -0.2) is 9.29 Å². The number of benzene rings is 3. The molecule has 1 N–H and O–H groups in total. The number of amides is 2. The highest BCUT2D eigenvalue weighted by Crippen LogP contribution is 2.34. The lowest BCUT2D eigenvalue weighted by atomic mass is 10.1. The SMILES string of the molecule is Cc1ccc(NC(=S)N(c2c(C)nn(Cc3ccc(F)cc3)c2C)[C@@H]2CC(=O)N(c3ccccc3C)C2=O)cc1. The first-order valence-corrected chi connectivity index (χ1v) is 13.4. The first-order valence-electron chi connectivity index (χ1n) is 13.0. The summed E-state index contributed by atoms with van der Waals surface area (Å²) in [6.07, 6.45) is -0.0368. The van der Waals surface area contributed by atoms with Gasteiger partial charge in [-0.2, -0.15) is 5.10 Å². The Labute approximate surface area is 238 Å². The van der Waals surface area contributed by atoms with E-state index in [9.17, 15) is 14.0 Å². The molecule has 0 radical (unpaired) electrons. The second-order valence-electron chi connectivity index (χ2n) is 10.0. The third-order valence-electron chi connectivity index (χ3n) is 7.14. The predicted octanol–water partition coefficient (Wildman–Crippen LogP) is 5.84. The van der Waals surface area contributed by atoms with Crippen LogP contribution in [0.4, 0.5) is 21.5 Å². The van der Waals surface area contributed by atoms with Crippen molar-refractivity contribution < 1.29 is 14.0 Å². The number of anilines is 3. The van der Waals surface area contributed by atoms with E-state index in [1.165, 1.54) is 17.0 Å². The lowest BCUT2D eigenvalue weighted by Crippen LogP contribution is -2.48. The highest BCUT2D eigenvalue weighted by Gasteiger charge is 2.45. The van der Waals surface area contributed by atoms with Crippen LogP contribution in [0.25, 0.3) is 0 Å². The third-order valence-corrected chi connectivity index (χ3v) is 7.44. The van der Waals surface area contributed by atoms with Crippen molar-refractivity contribution in [2.24, 2.45) is 0 Å². The van der Waals surface area contributed by atoms with Gasteiger partial charge in [-0.1, -0.05) is 48.0 Å². The highest BCUT2D eigenvalue weighted by atomic mass is 32.1. The van der Waals surface area contributed by atoms with E-state index in [1.807, 2.05) is 70.2 Å². The zero-order chi connectivity index (χ0) is 28.6. The van der Waals surface area contributed by atoms with E-state index in [0.717, 1.165) is 28.1 Å². The van der Waals surface area contributed by atoms with Gasteiger partial charge in [-0.15, -0.1) is 0 Å². The quantitative estimate of drug-likeness (QED) is 0.238. The predicted molar refractivity (Wildman–Crippen MR) is 159 cm³/mol. The van der Waals surface area contributed by atoms with Crippen LogP contribution in [0.3, 0.4) is 0 Å². The summed E-state index contributed by atoms with van der Waals surface area (Å²) < 4.78 is 15.3. The van der Waals surface area contributed by atoms with E-state index in [2.05, 4.69) is 5.32 Å². The second-order valence-corrected chi connectivity index (χ2v) is 10.4. The monoisotopic (exact) mass is 555 g/mol. The van der Waals surface area contributed by atoms with Crippen molar-refractivity contribution in [3.63, 3.8) is 0 Å². The van der Waals surface area contributed by atoms with Crippen molar-refractivity contribution in [3.8, 4) is 0 Å². The molecule has 204 valence electrons. The number of hydrogen-bond acceptors (Lipinski definition) is 4. The molecule has 5 rings (SSSR count). The molecule has 1 saturated heterocycles. The summed E-state index contributed by atoms with van der Waals surface area (Å²) in [5, 5.41) is 8.29. The summed E-state index contributed by atoms with van der Waals surface area (Å²) in [5.41, 5.74) is 6.23. The molecule has 0 aliphatic carbocycles. The minimum atomic E-state index is -0.863. The van der Waals surface area contributed by atoms with Crippen LogP contribution in [-0.4, -0.2) is 32.7 Å². The molecule has 0 spiro atoms. The average Bonchev–Trinajstić information content (AvgIpc) is 3.36. The molecule has 9 heteroatoms. The molecule has 2 heterocycles. The molecule has 1 atom stereocenters. The Morgan fingerprint density at radius 2 is 1.68 bits per heavy atom. The molecule has 4 aromatic rings. The van der Waals surface area contributed by atoms with Gasteiger partial charge in [0.1, 0.15) is 11.9 Å². The second kappa shape index (κ2) is 11.0. The largest absolute Gasteiger partial charge is 0.332 e. The topological polar surface area (TPSA) is 70.5 Å². The fourth-order valence-corrected chi connectivity index (χ4v) is 5.39. The molecule has 1 fully saturated rings. The summed E-state index contributed by atoms with van der Waals surface area (Å²) in [6.45, 7) is 8.04. The molecule has 0 saturated carbocycles. The molecule has 1 aromatic heterocycles. The Bertz CT molecular complexity index is 1600. The van der Waals surface area contributed by atoms with Crippen LogP contribution in [0.2, 0.25) is 0 Å². The number of nitrogens with zero attached hydrogens (tertiary/aromatic N) is 4. The van der Waals surface area contributed by atoms with Crippen molar-refractivity contribution in [3.05, 3.63) is 107 Å². The van der Waals surface area contributed by atoms with Gasteiger partial charge >= 0.3 is 0 Å². The standard InChI is InChI=1S/C31H30FN5O2S/c1-19-9-15-25(16-10-19)33-31(40)37(27-17-28(38)36(30(27)39)26-8-6-5-7-20(26)2)29-21(3)34-35(22(29)4)18-23-11-13-24(32)14-12-23/h5-16,27H,17-18H2,1-4H3,(H,33,40)/t27-/m1/s1. The van der Waals surface area contributed by atoms with Gasteiger partial charge in [0.25, 0.3) is 5.91 Å². The lowest BCUT2D eigenvalue weighted by molar-refractivity contribution is -0.121. The fraction of sp³-hybridized carbons (Fsp3) is 0.226. The van der Waals surface area contributed by atoms with Crippen molar-refractivity contribution in [2.75, 3.05) is 15.1 Å². The molecule has 0 bridgehead atoms. The minimum absolute atomic E-state index is 0.0368. The maximum absolute atomic E-state index is 14.0. The zero-order valence-corrected chi connectivity index (χ0v) is 23.6. The van der Waals surface area contributed by atoms with E-state index >= 15 is 0 Å². The Kier molecular flexibility index (Phi) is 7.49. The molecular weight excluding hydrogens is 525 g/mol. The van der Waals surface area contributed by atoms with Gasteiger partial charge in [-0.05, 0) is 81.4 Å². The number of carbonyl (C=O) groups excluding carboxylic acids is 2. The van der Waals surface area contributed by atoms with E-state index in [-0.39, 0.29) is 29.2 Å². The van der Waals surface area contributed by atoms with Crippen LogP contribution in [0.1, 0.15) is 34.5 Å². The Morgan fingerprint density at radius 3 is 2.35 bits per heavy atom. The molecule has 2 amide bonds. The van der Waals surface area contributed by atoms with Crippen LogP contribution in [0.5, 0.6) is 0 Å². The number of para-hydroxylation sites is 1. The van der Waals surface area contributed by atoms with E-state index in [4.69, 9.17) is 17.3 Å². The van der Waals surface area contributed by atoms with Gasteiger partial charge < -0.3 is 10.2 Å². The van der Waals surface area contributed by atoms with Crippen LogP contribution in [0, 0.1) is 33.5 Å². The van der Waals surface area contributed by atoms with Crippen molar-refractivity contribution >= 4 is 46.2 Å². The van der Waals surface area contributed by atoms with Gasteiger partial charge in [0, 0.05) is 5.69 Å². The zero-order valence-electron chi connectivity index (χ0n) is 22.8. The van der Waals surface area contributed by atoms with Crippen molar-refractivity contribution in [1.82, 2.24) is 9.78 Å². The van der Waals surface area contributed by atoms with Crippen LogP contribution < -0.4 is 15.1 Å². The molecule has 1 aliphatic rings. The Hall–Kier alpha value is -4.37. The summed E-state index contributed by atoms with van der Waals surface area (Å²) in [7, 11) is 0. The molecule has 0 unspecified atom stereocenters. The number of aryl methyl sites for hydroxylation is 3. The third kappa shape index (κ3) is 5.24. The Balaban J connectivity index is 1.55. The molecule has 40 heavy (non-hydrogen) atoms. The smallest absolute Gasteiger partial charge is 0.257 e. The number of hydrogen-bond donors (Lipinski definition) is 1. The fourth-order valence-electron chi connectivity index (χ4n) is 5.06.